The molecule has 0 saturated heterocycles. The van der Waals surface area contributed by atoms with Crippen LogP contribution >= 0.6 is 0 Å². The largest absolute Gasteiger partial charge is 0.477 e. The second kappa shape index (κ2) is 1.45. The van der Waals surface area contributed by atoms with Crippen molar-refractivity contribution in [3.63, 3.8) is 0 Å². The van der Waals surface area contributed by atoms with Gasteiger partial charge in [0, 0.05) is 5.70 Å². The van der Waals surface area contributed by atoms with Gasteiger partial charge in [0.05, 0.1) is 0 Å². The summed E-state index contributed by atoms with van der Waals surface area (Å²) in [6, 6.07) is 0. The van der Waals surface area contributed by atoms with Crippen molar-refractivity contribution in [1.29, 1.82) is 0 Å². The molecule has 0 amide bonds. The molecule has 40 valence electrons. The minimum Gasteiger partial charge on any atom is -0.477 e. The first-order valence-corrected chi connectivity index (χ1v) is 2.38. The molecule has 0 aromatic heterocycles. The number of hydrogen-bond donors (Lipinski definition) is 1. The van der Waals surface area contributed by atoms with Crippen LogP contribution in [0.4, 0.5) is 0 Å². The van der Waals surface area contributed by atoms with Crippen molar-refractivity contribution in [2.75, 3.05) is 0 Å². The number of ether oxygens (including phenoxy) is 1. The average Bonchev–Trinajstić information content (AvgIpc) is 1.87. The zero-order valence-electron chi connectivity index (χ0n) is 4.56. The van der Waals surface area contributed by atoms with Gasteiger partial charge >= 0.3 is 0 Å². The Balaban J connectivity index is 2.42. The lowest BCUT2D eigenvalue weighted by atomic mass is 10.5. The van der Waals surface area contributed by atoms with E-state index in [2.05, 4.69) is 5.32 Å². The first-order chi connectivity index (χ1) is 3.29. The zero-order chi connectivity index (χ0) is 5.28. The van der Waals surface area contributed by atoms with E-state index in [9.17, 15) is 0 Å². The van der Waals surface area contributed by atoms with Crippen LogP contribution in [-0.4, -0.2) is 6.23 Å². The van der Waals surface area contributed by atoms with Crippen LogP contribution in [0.5, 0.6) is 0 Å². The molecule has 0 aliphatic carbocycles. The third kappa shape index (κ3) is 0.856. The lowest BCUT2D eigenvalue weighted by Crippen LogP contribution is -2.18. The summed E-state index contributed by atoms with van der Waals surface area (Å²) in [5.41, 5.74) is 1.10. The van der Waals surface area contributed by atoms with Gasteiger partial charge in [0.2, 0.25) is 0 Å². The first-order valence-electron chi connectivity index (χ1n) is 2.38. The van der Waals surface area contributed by atoms with Gasteiger partial charge in [0.15, 0.2) is 6.23 Å². The molecule has 1 atom stereocenters. The molecule has 0 fully saturated rings. The van der Waals surface area contributed by atoms with Gasteiger partial charge in [-0.2, -0.15) is 0 Å². The third-order valence-electron chi connectivity index (χ3n) is 0.880. The summed E-state index contributed by atoms with van der Waals surface area (Å²) in [4.78, 5) is 0. The second-order valence-corrected chi connectivity index (χ2v) is 1.72. The minimum atomic E-state index is 0.181. The van der Waals surface area contributed by atoms with Crippen molar-refractivity contribution >= 4 is 0 Å². The normalized spacial score (nSPS) is 28.3. The average molecular weight is 99.1 g/mol. The summed E-state index contributed by atoms with van der Waals surface area (Å²) >= 11 is 0. The van der Waals surface area contributed by atoms with E-state index in [1.807, 2.05) is 13.8 Å². The number of allylic oxidation sites excluding steroid dienone is 1. The highest BCUT2D eigenvalue weighted by Gasteiger charge is 2.04. The Morgan fingerprint density at radius 3 is 2.71 bits per heavy atom. The Kier molecular flexibility index (Phi) is 0.929. The van der Waals surface area contributed by atoms with Gasteiger partial charge in [-0.25, -0.2) is 0 Å². The highest BCUT2D eigenvalue weighted by atomic mass is 16.5. The SMILES string of the molecule is CC1=COC(C)N1. The Hall–Kier alpha value is -0.660. The van der Waals surface area contributed by atoms with Crippen LogP contribution in [0, 0.1) is 0 Å². The Bertz CT molecular complexity index is 98.3. The van der Waals surface area contributed by atoms with Crippen LogP contribution in [0.15, 0.2) is 12.0 Å². The van der Waals surface area contributed by atoms with Gasteiger partial charge in [0.25, 0.3) is 0 Å². The highest BCUT2D eigenvalue weighted by molar-refractivity contribution is 4.95. The molecule has 0 bridgehead atoms. The van der Waals surface area contributed by atoms with E-state index >= 15 is 0 Å². The number of hydrogen-bond acceptors (Lipinski definition) is 2. The fourth-order valence-corrected chi connectivity index (χ4v) is 0.593. The fraction of sp³-hybridized carbons (Fsp3) is 0.600. The molecule has 2 heteroatoms. The van der Waals surface area contributed by atoms with Crippen LogP contribution in [0.2, 0.25) is 0 Å². The molecule has 7 heavy (non-hydrogen) atoms. The van der Waals surface area contributed by atoms with Gasteiger partial charge in [-0.05, 0) is 13.8 Å². The highest BCUT2D eigenvalue weighted by Crippen LogP contribution is 2.01. The first kappa shape index (κ1) is 4.50. The van der Waals surface area contributed by atoms with Crippen molar-refractivity contribution in [3.05, 3.63) is 12.0 Å². The van der Waals surface area contributed by atoms with Gasteiger partial charge in [-0.3, -0.25) is 0 Å². The molecule has 1 aliphatic rings. The van der Waals surface area contributed by atoms with Crippen LogP contribution in [-0.2, 0) is 4.74 Å². The molecule has 1 N–H and O–H groups in total. The van der Waals surface area contributed by atoms with Crippen molar-refractivity contribution in [2.45, 2.75) is 20.1 Å². The van der Waals surface area contributed by atoms with Crippen molar-refractivity contribution in [3.8, 4) is 0 Å². The Morgan fingerprint density at radius 1 is 1.86 bits per heavy atom. The number of nitrogens with one attached hydrogen (secondary N) is 1. The molecule has 1 aliphatic heterocycles. The van der Waals surface area contributed by atoms with E-state index in [0.717, 1.165) is 5.70 Å². The van der Waals surface area contributed by atoms with E-state index in [4.69, 9.17) is 4.74 Å². The van der Waals surface area contributed by atoms with Crippen LogP contribution in [0.3, 0.4) is 0 Å². The molecule has 0 saturated carbocycles. The molecular formula is C5H9NO. The molecular weight excluding hydrogens is 90.1 g/mol. The lowest BCUT2D eigenvalue weighted by molar-refractivity contribution is 0.170. The van der Waals surface area contributed by atoms with E-state index < -0.39 is 0 Å². The third-order valence-corrected chi connectivity index (χ3v) is 0.880. The van der Waals surface area contributed by atoms with Gasteiger partial charge in [-0.1, -0.05) is 0 Å². The van der Waals surface area contributed by atoms with Crippen molar-refractivity contribution in [1.82, 2.24) is 5.32 Å². The van der Waals surface area contributed by atoms with Gasteiger partial charge in [0.1, 0.15) is 6.26 Å². The molecule has 1 unspecified atom stereocenters. The minimum absolute atomic E-state index is 0.181. The van der Waals surface area contributed by atoms with Crippen LogP contribution in [0.25, 0.3) is 0 Å². The van der Waals surface area contributed by atoms with Crippen molar-refractivity contribution < 1.29 is 4.74 Å². The van der Waals surface area contributed by atoms with Crippen LogP contribution in [0.1, 0.15) is 13.8 Å². The van der Waals surface area contributed by atoms with Crippen LogP contribution < -0.4 is 5.32 Å². The molecule has 0 spiro atoms. The standard InChI is InChI=1S/C5H9NO/c1-4-3-7-5(2)6-4/h3,5-6H,1-2H3. The molecule has 1 rings (SSSR count). The molecule has 2 nitrogen and oxygen atoms in total. The predicted molar refractivity (Wildman–Crippen MR) is 27.4 cm³/mol. The summed E-state index contributed by atoms with van der Waals surface area (Å²) in [5.74, 6) is 0. The van der Waals surface area contributed by atoms with E-state index in [0.29, 0.717) is 0 Å². The smallest absolute Gasteiger partial charge is 0.166 e. The molecule has 0 radical (unpaired) electrons. The molecule has 1 heterocycles. The van der Waals surface area contributed by atoms with E-state index in [-0.39, 0.29) is 6.23 Å². The zero-order valence-corrected chi connectivity index (χ0v) is 4.56. The maximum absolute atomic E-state index is 4.99. The Labute approximate surface area is 43.2 Å². The van der Waals surface area contributed by atoms with Gasteiger partial charge in [-0.15, -0.1) is 0 Å². The predicted octanol–water partition coefficient (Wildman–Crippen LogP) is 0.813. The van der Waals surface area contributed by atoms with Gasteiger partial charge < -0.3 is 10.1 Å². The second-order valence-electron chi connectivity index (χ2n) is 1.72. The van der Waals surface area contributed by atoms with E-state index in [1.54, 1.807) is 6.26 Å². The summed E-state index contributed by atoms with van der Waals surface area (Å²) in [6.45, 7) is 3.94. The number of rotatable bonds is 0. The monoisotopic (exact) mass is 99.1 g/mol. The fourth-order valence-electron chi connectivity index (χ4n) is 0.593. The summed E-state index contributed by atoms with van der Waals surface area (Å²) in [5, 5.41) is 3.06. The van der Waals surface area contributed by atoms with E-state index in [1.165, 1.54) is 0 Å². The topological polar surface area (TPSA) is 21.3 Å². The maximum Gasteiger partial charge on any atom is 0.166 e. The molecule has 0 aromatic rings. The summed E-state index contributed by atoms with van der Waals surface area (Å²) in [7, 11) is 0. The maximum atomic E-state index is 4.99. The van der Waals surface area contributed by atoms with Crippen molar-refractivity contribution in [2.24, 2.45) is 0 Å². The summed E-state index contributed by atoms with van der Waals surface area (Å²) in [6.07, 6.45) is 1.91. The quantitative estimate of drug-likeness (QED) is 0.485. The molecule has 0 aromatic carbocycles. The lowest BCUT2D eigenvalue weighted by Gasteiger charge is -2.01. The Morgan fingerprint density at radius 2 is 2.57 bits per heavy atom. The summed E-state index contributed by atoms with van der Waals surface area (Å²) < 4.78 is 4.99.